The zero-order valence-corrected chi connectivity index (χ0v) is 12.8. The average molecular weight is 299 g/mol. The molecule has 0 unspecified atom stereocenters. The Balaban J connectivity index is 1.56. The third-order valence-electron chi connectivity index (χ3n) is 4.33. The zero-order chi connectivity index (χ0) is 15.5. The summed E-state index contributed by atoms with van der Waals surface area (Å²) in [5.74, 6) is 0.0124. The molecule has 1 saturated heterocycles. The number of H-pyrrole nitrogens is 1. The first-order chi connectivity index (χ1) is 10.7. The molecule has 0 bridgehead atoms. The highest BCUT2D eigenvalue weighted by Gasteiger charge is 2.28. The Morgan fingerprint density at radius 3 is 3.05 bits per heavy atom. The van der Waals surface area contributed by atoms with Crippen LogP contribution in [0.25, 0.3) is 10.9 Å². The molecule has 1 aromatic carbocycles. The maximum absolute atomic E-state index is 12.3. The van der Waals surface area contributed by atoms with E-state index in [0.717, 1.165) is 18.4 Å². The van der Waals surface area contributed by atoms with Gasteiger partial charge in [-0.05, 0) is 31.4 Å². The summed E-state index contributed by atoms with van der Waals surface area (Å²) in [6, 6.07) is 7.83. The van der Waals surface area contributed by atoms with Gasteiger partial charge in [0.05, 0.1) is 0 Å². The van der Waals surface area contributed by atoms with Crippen LogP contribution in [0.2, 0.25) is 0 Å². The number of benzene rings is 1. The van der Waals surface area contributed by atoms with E-state index in [2.05, 4.69) is 22.4 Å². The van der Waals surface area contributed by atoms with Crippen LogP contribution in [0.3, 0.4) is 0 Å². The van der Waals surface area contributed by atoms with Crippen molar-refractivity contribution in [2.24, 2.45) is 0 Å². The Kier molecular flexibility index (Phi) is 4.13. The molecule has 116 valence electrons. The largest absolute Gasteiger partial charge is 0.361 e. The number of hydrogen-bond donors (Lipinski definition) is 2. The molecule has 5 heteroatoms. The molecule has 2 aromatic rings. The first kappa shape index (κ1) is 14.6. The van der Waals surface area contributed by atoms with E-state index in [1.165, 1.54) is 10.9 Å². The van der Waals surface area contributed by atoms with Gasteiger partial charge < -0.3 is 15.2 Å². The van der Waals surface area contributed by atoms with Crippen molar-refractivity contribution in [2.75, 3.05) is 13.1 Å². The molecule has 1 aliphatic heterocycles. The number of nitrogens with one attached hydrogen (secondary N) is 2. The Labute approximate surface area is 129 Å². The van der Waals surface area contributed by atoms with Crippen molar-refractivity contribution >= 4 is 22.7 Å². The van der Waals surface area contributed by atoms with Crippen LogP contribution in [0.15, 0.2) is 30.5 Å². The van der Waals surface area contributed by atoms with Crippen LogP contribution in [-0.4, -0.2) is 40.8 Å². The maximum Gasteiger partial charge on any atom is 0.242 e. The van der Waals surface area contributed by atoms with Gasteiger partial charge in [-0.25, -0.2) is 0 Å². The van der Waals surface area contributed by atoms with Gasteiger partial charge in [-0.2, -0.15) is 0 Å². The lowest BCUT2D eigenvalue weighted by atomic mass is 10.1. The van der Waals surface area contributed by atoms with Crippen LogP contribution in [0.1, 0.15) is 25.3 Å². The number of carbonyl (C=O) groups excluding carboxylic acids is 2. The van der Waals surface area contributed by atoms with E-state index in [-0.39, 0.29) is 17.9 Å². The number of aromatic nitrogens is 1. The molecule has 5 nitrogen and oxygen atoms in total. The second-order valence-electron chi connectivity index (χ2n) is 5.77. The summed E-state index contributed by atoms with van der Waals surface area (Å²) in [4.78, 5) is 28.8. The lowest BCUT2D eigenvalue weighted by Gasteiger charge is -2.32. The van der Waals surface area contributed by atoms with Gasteiger partial charge in [0.1, 0.15) is 6.04 Å². The molecule has 2 heterocycles. The minimum absolute atomic E-state index is 0.0590. The van der Waals surface area contributed by atoms with Crippen molar-refractivity contribution in [1.82, 2.24) is 15.2 Å². The summed E-state index contributed by atoms with van der Waals surface area (Å²) in [6.07, 6.45) is 4.17. The molecule has 1 fully saturated rings. The minimum atomic E-state index is -0.352. The van der Waals surface area contributed by atoms with Gasteiger partial charge in [-0.15, -0.1) is 0 Å². The highest BCUT2D eigenvalue weighted by molar-refractivity contribution is 5.88. The van der Waals surface area contributed by atoms with Crippen LogP contribution < -0.4 is 5.32 Å². The highest BCUT2D eigenvalue weighted by atomic mass is 16.2. The fraction of sp³-hybridized carbons (Fsp3) is 0.412. The lowest BCUT2D eigenvalue weighted by molar-refractivity contribution is -0.142. The smallest absolute Gasteiger partial charge is 0.242 e. The molecule has 0 radical (unpaired) electrons. The fourth-order valence-electron chi connectivity index (χ4n) is 3.04. The van der Waals surface area contributed by atoms with Crippen molar-refractivity contribution in [1.29, 1.82) is 0 Å². The lowest BCUT2D eigenvalue weighted by Crippen LogP contribution is -2.55. The van der Waals surface area contributed by atoms with Gasteiger partial charge in [0.25, 0.3) is 0 Å². The SMILES string of the molecule is C[C@@H]1C(=O)NCCN1C(=O)CCCc1c[nH]c2ccccc12. The summed E-state index contributed by atoms with van der Waals surface area (Å²) >= 11 is 0. The standard InChI is InChI=1S/C17H21N3O2/c1-12-17(22)18-9-10-20(12)16(21)8-4-5-13-11-19-15-7-3-2-6-14(13)15/h2-3,6-7,11-12,19H,4-5,8-10H2,1H3,(H,18,22)/t12-/m1/s1. The van der Waals surface area contributed by atoms with E-state index in [1.807, 2.05) is 18.3 Å². The number of nitrogens with zero attached hydrogens (tertiary/aromatic N) is 1. The molecule has 0 spiro atoms. The molecule has 0 saturated carbocycles. The van der Waals surface area contributed by atoms with E-state index in [9.17, 15) is 9.59 Å². The molecule has 2 N–H and O–H groups in total. The first-order valence-electron chi connectivity index (χ1n) is 7.79. The van der Waals surface area contributed by atoms with Crippen LogP contribution in [-0.2, 0) is 16.0 Å². The van der Waals surface area contributed by atoms with Crippen molar-refractivity contribution < 1.29 is 9.59 Å². The summed E-state index contributed by atoms with van der Waals surface area (Å²) < 4.78 is 0. The minimum Gasteiger partial charge on any atom is -0.361 e. The Morgan fingerprint density at radius 1 is 1.36 bits per heavy atom. The molecule has 1 aliphatic rings. The van der Waals surface area contributed by atoms with Crippen molar-refractivity contribution in [3.63, 3.8) is 0 Å². The number of piperazine rings is 1. The van der Waals surface area contributed by atoms with Gasteiger partial charge in [0.2, 0.25) is 11.8 Å². The zero-order valence-electron chi connectivity index (χ0n) is 12.8. The van der Waals surface area contributed by atoms with E-state index < -0.39 is 0 Å². The average Bonchev–Trinajstić information content (AvgIpc) is 2.93. The third-order valence-corrected chi connectivity index (χ3v) is 4.33. The second kappa shape index (κ2) is 6.22. The topological polar surface area (TPSA) is 65.2 Å². The van der Waals surface area contributed by atoms with Crippen LogP contribution in [0.5, 0.6) is 0 Å². The predicted molar refractivity (Wildman–Crippen MR) is 85.4 cm³/mol. The summed E-state index contributed by atoms with van der Waals surface area (Å²) in [7, 11) is 0. The van der Waals surface area contributed by atoms with Gasteiger partial charge >= 0.3 is 0 Å². The molecule has 1 atom stereocenters. The highest BCUT2D eigenvalue weighted by Crippen LogP contribution is 2.20. The van der Waals surface area contributed by atoms with Crippen LogP contribution >= 0.6 is 0 Å². The fourth-order valence-corrected chi connectivity index (χ4v) is 3.04. The number of fused-ring (bicyclic) bond motifs is 1. The van der Waals surface area contributed by atoms with Crippen molar-refractivity contribution in [3.05, 3.63) is 36.0 Å². The monoisotopic (exact) mass is 299 g/mol. The number of amides is 2. The van der Waals surface area contributed by atoms with E-state index in [0.29, 0.717) is 19.5 Å². The number of aromatic amines is 1. The van der Waals surface area contributed by atoms with E-state index in [1.54, 1.807) is 11.8 Å². The number of rotatable bonds is 4. The molecule has 1 aromatic heterocycles. The number of para-hydroxylation sites is 1. The Morgan fingerprint density at radius 2 is 2.18 bits per heavy atom. The number of aryl methyl sites for hydroxylation is 1. The van der Waals surface area contributed by atoms with Crippen LogP contribution in [0.4, 0.5) is 0 Å². The van der Waals surface area contributed by atoms with Crippen LogP contribution in [0, 0.1) is 0 Å². The van der Waals surface area contributed by atoms with Gasteiger partial charge in [-0.3, -0.25) is 9.59 Å². The number of carbonyl (C=O) groups is 2. The summed E-state index contributed by atoms with van der Waals surface area (Å²) in [6.45, 7) is 2.95. The first-order valence-corrected chi connectivity index (χ1v) is 7.79. The molecule has 3 rings (SSSR count). The number of hydrogen-bond acceptors (Lipinski definition) is 2. The van der Waals surface area contributed by atoms with Gasteiger partial charge in [0.15, 0.2) is 0 Å². The van der Waals surface area contributed by atoms with Gasteiger partial charge in [0, 0.05) is 36.6 Å². The second-order valence-corrected chi connectivity index (χ2v) is 5.77. The molecule has 0 aliphatic carbocycles. The third kappa shape index (κ3) is 2.84. The quantitative estimate of drug-likeness (QED) is 0.904. The predicted octanol–water partition coefficient (Wildman–Crippen LogP) is 1.84. The molecule has 2 amide bonds. The Bertz CT molecular complexity index is 692. The van der Waals surface area contributed by atoms with Gasteiger partial charge in [-0.1, -0.05) is 18.2 Å². The van der Waals surface area contributed by atoms with Crippen molar-refractivity contribution in [3.8, 4) is 0 Å². The molecule has 22 heavy (non-hydrogen) atoms. The normalized spacial score (nSPS) is 18.5. The molecular weight excluding hydrogens is 278 g/mol. The summed E-state index contributed by atoms with van der Waals surface area (Å²) in [5.41, 5.74) is 2.37. The van der Waals surface area contributed by atoms with Crippen molar-refractivity contribution in [2.45, 2.75) is 32.2 Å². The van der Waals surface area contributed by atoms with E-state index >= 15 is 0 Å². The summed E-state index contributed by atoms with van der Waals surface area (Å²) in [5, 5.41) is 4.00. The maximum atomic E-state index is 12.3. The Hall–Kier alpha value is -2.30. The van der Waals surface area contributed by atoms with E-state index in [4.69, 9.17) is 0 Å². The molecular formula is C17H21N3O2.